The molecule has 2 fully saturated rings. The van der Waals surface area contributed by atoms with Crippen LogP contribution in [0.4, 0.5) is 0 Å². The summed E-state index contributed by atoms with van der Waals surface area (Å²) >= 11 is 14.2. The van der Waals surface area contributed by atoms with Crippen LogP contribution in [0.5, 0.6) is 69.0 Å². The van der Waals surface area contributed by atoms with Gasteiger partial charge in [-0.15, -0.1) is 0 Å². The number of phenolic OH excluding ortho intramolecular Hbond substituents is 4. The smallest absolute Gasteiger partial charge is 0.335 e. The number of nitrogens with one attached hydrogen (secondary N) is 8. The number of aliphatic hydroxyl groups excluding tert-OH is 6. The van der Waals surface area contributed by atoms with Gasteiger partial charge < -0.3 is 142 Å². The lowest BCUT2D eigenvalue weighted by Gasteiger charge is -2.41. The summed E-state index contributed by atoms with van der Waals surface area (Å²) in [6.45, 7) is 4.50. The van der Waals surface area contributed by atoms with Gasteiger partial charge in [-0.25, -0.2) is 9.59 Å². The number of aliphatic hydroxyl groups is 6. The van der Waals surface area contributed by atoms with E-state index >= 15 is 24.0 Å². The molecular weight excluding hydrogens is 1680 g/mol. The number of carbonyl (C=O) groups excluding carboxylic acids is 8. The maximum absolute atomic E-state index is 16.7. The predicted molar refractivity (Wildman–Crippen MR) is 433 cm³/mol. The number of esters is 1. The molecule has 18 atom stereocenters. The Bertz CT molecular complexity index is 5330. The van der Waals surface area contributed by atoms with Crippen molar-refractivity contribution in [2.45, 2.75) is 188 Å². The van der Waals surface area contributed by atoms with Crippen LogP contribution in [0.1, 0.15) is 147 Å². The van der Waals surface area contributed by atoms with Crippen molar-refractivity contribution in [3.63, 3.8) is 0 Å². The molecule has 38 nitrogen and oxygen atoms in total. The minimum Gasteiger partial charge on any atom is -0.508 e. The molecule has 2 saturated heterocycles. The number of halogens is 2. The lowest BCUT2D eigenvalue weighted by molar-refractivity contribution is -0.278. The second-order valence-corrected chi connectivity index (χ2v) is 32.0. The van der Waals surface area contributed by atoms with Crippen molar-refractivity contribution in [1.82, 2.24) is 42.5 Å². The first-order valence-corrected chi connectivity index (χ1v) is 40.5. The number of amides is 7. The number of carbonyl (C=O) groups is 10. The van der Waals surface area contributed by atoms with Gasteiger partial charge in [-0.2, -0.15) is 0 Å². The summed E-state index contributed by atoms with van der Waals surface area (Å²) in [4.78, 5) is 148. The van der Waals surface area contributed by atoms with Crippen LogP contribution in [0.25, 0.3) is 11.1 Å². The van der Waals surface area contributed by atoms with E-state index in [1.807, 2.05) is 0 Å². The highest BCUT2D eigenvalue weighted by Crippen LogP contribution is 2.50. The minimum absolute atomic E-state index is 0.146. The molecule has 7 aromatic carbocycles. The van der Waals surface area contributed by atoms with E-state index in [1.54, 1.807) is 0 Å². The fourth-order valence-corrected chi connectivity index (χ4v) is 15.8. The van der Waals surface area contributed by atoms with E-state index in [4.69, 9.17) is 61.1 Å². The molecule has 7 amide bonds. The van der Waals surface area contributed by atoms with E-state index in [9.17, 15) is 85.3 Å². The Morgan fingerprint density at radius 2 is 1.18 bits per heavy atom. The Labute approximate surface area is 720 Å². The number of aromatic hydroxyl groups is 4. The van der Waals surface area contributed by atoms with Crippen LogP contribution >= 0.6 is 23.2 Å². The molecule has 16 rings (SSSR count). The standard InChI is InChI=1S/C85H90Cl2N8O30/c1-34(2)11-9-7-5-6-8-10-12-58(101)90-67-70(104)72(106)75(83(116)117)125-84(67)124-74-55-27-40-28-56(74)121-52-21-17-39(25-47(52)86)68(102)66-81(113)94-65(82(114)115)45-29-41(97)30-54(122-85-73(107)71(105)69(103)57(123-85)33-118-35(3)96)59(45)44-24-37(15-20-49(44)98)62(78(110)95-66)91-79(111)63(40)92-80(112)64-46-31-43(32-51(100)60(46)87)120-53-22-16-38(26-50(53)99)61(88-4)77(109)89-48(76(108)93-64)23-36-13-18-42(119-55)19-14-36/h13-22,24-32,34,48,57,61-73,75,84-85,88,97-100,102-107H,5-12,23,33H2,1-4H3,(H,89,109)(H,90,101)(H,91,111)(H,92,112)(H,93,108)(H,94,113)(H,95,110)(H,114,115)(H,116,117). The maximum Gasteiger partial charge on any atom is 0.335 e. The number of hydrogen-bond donors (Lipinski definition) is 20. The highest BCUT2D eigenvalue weighted by atomic mass is 35.5. The molecule has 664 valence electrons. The van der Waals surface area contributed by atoms with Crippen molar-refractivity contribution in [1.29, 1.82) is 0 Å². The molecular formula is C85H90Cl2N8O30. The van der Waals surface area contributed by atoms with E-state index in [0.29, 0.717) is 18.8 Å². The Morgan fingerprint density at radius 3 is 1.86 bits per heavy atom. The summed E-state index contributed by atoms with van der Waals surface area (Å²) in [5, 5.41) is 158. The van der Waals surface area contributed by atoms with Gasteiger partial charge in [-0.3, -0.25) is 38.4 Å². The Kier molecular flexibility index (Phi) is 27.8. The summed E-state index contributed by atoms with van der Waals surface area (Å²) in [5.41, 5.74) is -3.42. The van der Waals surface area contributed by atoms with Gasteiger partial charge in [-0.05, 0) is 120 Å². The zero-order chi connectivity index (χ0) is 89.8. The first kappa shape index (κ1) is 90.4. The van der Waals surface area contributed by atoms with Crippen molar-refractivity contribution in [2.75, 3.05) is 13.7 Å². The maximum atomic E-state index is 16.7. The molecule has 0 aliphatic carbocycles. The molecule has 40 heteroatoms. The molecule has 0 saturated carbocycles. The number of carboxylic acid groups (broad SMARTS) is 2. The molecule has 0 aromatic heterocycles. The molecule has 20 N–H and O–H groups in total. The van der Waals surface area contributed by atoms with Crippen molar-refractivity contribution < 1.29 is 147 Å². The minimum atomic E-state index is -2.48. The van der Waals surface area contributed by atoms with Crippen LogP contribution in [0.15, 0.2) is 115 Å². The van der Waals surface area contributed by atoms with Gasteiger partial charge in [0.2, 0.25) is 59.7 Å². The molecule has 9 aliphatic heterocycles. The first-order chi connectivity index (χ1) is 59.5. The number of hydrogen-bond acceptors (Lipinski definition) is 29. The fourth-order valence-electron chi connectivity index (χ4n) is 15.4. The summed E-state index contributed by atoms with van der Waals surface area (Å²) in [6, 6.07) is 4.21. The molecule has 18 unspecified atom stereocenters. The van der Waals surface area contributed by atoms with Crippen molar-refractivity contribution in [3.05, 3.63) is 164 Å². The van der Waals surface area contributed by atoms with Gasteiger partial charge in [0.1, 0.15) is 132 Å². The number of benzene rings is 7. The molecule has 0 radical (unpaired) electrons. The van der Waals surface area contributed by atoms with Gasteiger partial charge in [0.15, 0.2) is 35.1 Å². The Morgan fingerprint density at radius 1 is 0.536 bits per heavy atom. The fraction of sp³-hybridized carbons (Fsp3) is 0.388. The number of phenols is 4. The van der Waals surface area contributed by atoms with Gasteiger partial charge in [0, 0.05) is 54.2 Å². The first-order valence-electron chi connectivity index (χ1n) is 39.8. The van der Waals surface area contributed by atoms with Crippen LogP contribution in [0.3, 0.4) is 0 Å². The third kappa shape index (κ3) is 20.1. The topological polar surface area (TPSA) is 584 Å². The lowest BCUT2D eigenvalue weighted by atomic mass is 9.89. The number of fused-ring (bicyclic) bond motifs is 14. The second kappa shape index (κ2) is 38.4. The molecule has 9 heterocycles. The van der Waals surface area contributed by atoms with Gasteiger partial charge >= 0.3 is 17.9 Å². The number of carboxylic acids is 2. The molecule has 125 heavy (non-hydrogen) atoms. The zero-order valence-electron chi connectivity index (χ0n) is 67.0. The van der Waals surface area contributed by atoms with Crippen LogP contribution in [-0.4, -0.2) is 208 Å². The number of ether oxygens (including phenoxy) is 8. The molecule has 7 aromatic rings. The predicted octanol–water partition coefficient (Wildman–Crippen LogP) is 4.76. The van der Waals surface area contributed by atoms with E-state index in [2.05, 4.69) is 56.4 Å². The second-order valence-electron chi connectivity index (χ2n) is 31.2. The summed E-state index contributed by atoms with van der Waals surface area (Å²) in [6.07, 6.45) is -16.6. The van der Waals surface area contributed by atoms with E-state index in [1.165, 1.54) is 49.5 Å². The van der Waals surface area contributed by atoms with Crippen LogP contribution in [0, 0.1) is 5.92 Å². The Balaban J connectivity index is 1.03. The molecule has 0 spiro atoms. The molecule has 9 aliphatic rings. The van der Waals surface area contributed by atoms with Crippen molar-refractivity contribution in [2.24, 2.45) is 5.92 Å². The van der Waals surface area contributed by atoms with Crippen LogP contribution in [0.2, 0.25) is 10.0 Å². The average Bonchev–Trinajstić information content (AvgIpc) is 1.22. The summed E-state index contributed by atoms with van der Waals surface area (Å²) < 4.78 is 49.2. The van der Waals surface area contributed by atoms with E-state index in [-0.39, 0.29) is 40.4 Å². The number of unbranched alkanes of at least 4 members (excludes halogenated alkanes) is 5. The molecule has 17 bridgehead atoms. The summed E-state index contributed by atoms with van der Waals surface area (Å²) in [7, 11) is 1.41. The SMILES string of the molecule is CNC1C(=O)NC2Cc3ccc(cc3)Oc3cc4cc(c3OC3OC(C(=O)O)C(O)C(O)C3NC(=O)CCCCCCCCC(C)C)Oc3ccc(cc3Cl)C(O)C3NC(=O)C(NC(=O)C4NC(=O)C(NC2=O)c2cc(cc(O)c2Cl)Oc2ccc1cc2O)c1ccc(O)c(c1)-c1c(OC2OC(COC(C)=O)C(O)C(O)C2O)cc(O)cc1C(C(=O)O)NC3=O. The van der Waals surface area contributed by atoms with Gasteiger partial charge in [0.05, 0.1) is 10.0 Å². The third-order valence-electron chi connectivity index (χ3n) is 21.9. The Hall–Kier alpha value is -12.3. The van der Waals surface area contributed by atoms with Crippen molar-refractivity contribution in [3.8, 4) is 80.1 Å². The van der Waals surface area contributed by atoms with Gasteiger partial charge in [0.25, 0.3) is 0 Å². The number of rotatable bonds is 19. The van der Waals surface area contributed by atoms with E-state index < -0.39 is 277 Å². The largest absolute Gasteiger partial charge is 0.508 e. The highest BCUT2D eigenvalue weighted by Gasteiger charge is 2.52. The van der Waals surface area contributed by atoms with E-state index in [0.717, 1.165) is 112 Å². The van der Waals surface area contributed by atoms with Crippen molar-refractivity contribution >= 4 is 82.5 Å². The normalized spacial score (nSPS) is 26.1. The van der Waals surface area contributed by atoms with Gasteiger partial charge in [-0.1, -0.05) is 106 Å². The number of likely N-dealkylation sites (N-methyl/N-ethyl adjacent to an activating group) is 1. The zero-order valence-corrected chi connectivity index (χ0v) is 68.5. The average molecular weight is 1770 g/mol. The monoisotopic (exact) mass is 1770 g/mol. The van der Waals surface area contributed by atoms with Crippen LogP contribution < -0.4 is 66.2 Å². The number of aliphatic carboxylic acids is 2. The highest BCUT2D eigenvalue weighted by molar-refractivity contribution is 6.33. The summed E-state index contributed by atoms with van der Waals surface area (Å²) in [5.74, 6) is -20.1. The quantitative estimate of drug-likeness (QED) is 0.0383. The van der Waals surface area contributed by atoms with Crippen LogP contribution in [-0.2, 0) is 68.6 Å². The third-order valence-corrected chi connectivity index (χ3v) is 22.6. The lowest BCUT2D eigenvalue weighted by Crippen LogP contribution is -2.66.